The minimum atomic E-state index is 0. The number of carbonyl (C=O) groups excluding carboxylic acids is 1. The van der Waals surface area contributed by atoms with Crippen LogP contribution in [0.15, 0.2) is 23.3 Å². The van der Waals surface area contributed by atoms with Gasteiger partial charge in [-0.1, -0.05) is 6.92 Å². The van der Waals surface area contributed by atoms with Crippen LogP contribution in [0.3, 0.4) is 0 Å². The zero-order chi connectivity index (χ0) is 22.3. The SMILES string of the molecule is CN=C(NCc1ccnc(OC2CCC(C)CC2)c1)N1CCN(CC(=O)NC2CC2)CC1.I. The lowest BCUT2D eigenvalue weighted by atomic mass is 9.89. The second kappa shape index (κ2) is 12.7. The number of guanidine groups is 1. The quantitative estimate of drug-likeness (QED) is 0.298. The van der Waals surface area contributed by atoms with Gasteiger partial charge in [-0.25, -0.2) is 4.98 Å². The van der Waals surface area contributed by atoms with E-state index in [9.17, 15) is 4.79 Å². The molecule has 2 N–H and O–H groups in total. The van der Waals surface area contributed by atoms with E-state index in [1.807, 2.05) is 25.4 Å². The topological polar surface area (TPSA) is 82.1 Å². The average molecular weight is 571 g/mol. The number of ether oxygens (including phenoxy) is 1. The number of nitrogens with zero attached hydrogens (tertiary/aromatic N) is 4. The largest absolute Gasteiger partial charge is 0.474 e. The van der Waals surface area contributed by atoms with Gasteiger partial charge in [-0.05, 0) is 56.1 Å². The molecule has 1 aromatic heterocycles. The molecule has 4 rings (SSSR count). The number of rotatable bonds is 7. The molecule has 3 fully saturated rings. The van der Waals surface area contributed by atoms with Gasteiger partial charge in [0.1, 0.15) is 6.10 Å². The van der Waals surface area contributed by atoms with Crippen LogP contribution in [-0.4, -0.2) is 78.6 Å². The van der Waals surface area contributed by atoms with E-state index in [0.717, 1.165) is 75.2 Å². The van der Waals surface area contributed by atoms with Crippen LogP contribution in [0.4, 0.5) is 0 Å². The highest BCUT2D eigenvalue weighted by molar-refractivity contribution is 14.0. The van der Waals surface area contributed by atoms with Crippen LogP contribution in [0, 0.1) is 5.92 Å². The Bertz CT molecular complexity index is 787. The molecular weight excluding hydrogens is 531 g/mol. The third-order valence-electron chi connectivity index (χ3n) is 6.69. The van der Waals surface area contributed by atoms with Gasteiger partial charge in [0.2, 0.25) is 11.8 Å². The molecule has 0 unspecified atom stereocenters. The Labute approximate surface area is 215 Å². The summed E-state index contributed by atoms with van der Waals surface area (Å²) in [5.41, 5.74) is 1.13. The monoisotopic (exact) mass is 570 g/mol. The van der Waals surface area contributed by atoms with Crippen molar-refractivity contribution >= 4 is 35.8 Å². The van der Waals surface area contributed by atoms with E-state index in [-0.39, 0.29) is 36.0 Å². The Balaban J connectivity index is 0.00000306. The summed E-state index contributed by atoms with van der Waals surface area (Å²) >= 11 is 0. The minimum absolute atomic E-state index is 0. The van der Waals surface area contributed by atoms with Crippen molar-refractivity contribution in [3.8, 4) is 5.88 Å². The summed E-state index contributed by atoms with van der Waals surface area (Å²) in [4.78, 5) is 25.4. The van der Waals surface area contributed by atoms with E-state index in [4.69, 9.17) is 4.74 Å². The van der Waals surface area contributed by atoms with E-state index in [1.165, 1.54) is 12.8 Å². The van der Waals surface area contributed by atoms with Crippen molar-refractivity contribution in [3.05, 3.63) is 23.9 Å². The molecule has 8 nitrogen and oxygen atoms in total. The molecule has 3 aliphatic rings. The highest BCUT2D eigenvalue weighted by atomic mass is 127. The van der Waals surface area contributed by atoms with Crippen LogP contribution in [0.1, 0.15) is 51.0 Å². The predicted molar refractivity (Wildman–Crippen MR) is 141 cm³/mol. The third kappa shape index (κ3) is 8.27. The van der Waals surface area contributed by atoms with Crippen molar-refractivity contribution in [1.82, 2.24) is 25.4 Å². The van der Waals surface area contributed by atoms with Crippen molar-refractivity contribution in [2.24, 2.45) is 10.9 Å². The Hall–Kier alpha value is -1.62. The Morgan fingerprint density at radius 1 is 1.15 bits per heavy atom. The van der Waals surface area contributed by atoms with E-state index in [0.29, 0.717) is 19.1 Å². The number of pyridine rings is 1. The number of hydrogen-bond acceptors (Lipinski definition) is 5. The third-order valence-corrected chi connectivity index (χ3v) is 6.69. The number of aliphatic imine (C=N–C) groups is 1. The first-order valence-corrected chi connectivity index (χ1v) is 12.2. The number of halogens is 1. The lowest BCUT2D eigenvalue weighted by Gasteiger charge is -2.36. The first kappa shape index (κ1) is 26.0. The van der Waals surface area contributed by atoms with Gasteiger partial charge in [-0.15, -0.1) is 24.0 Å². The molecule has 0 spiro atoms. The summed E-state index contributed by atoms with van der Waals surface area (Å²) in [7, 11) is 1.82. The maximum absolute atomic E-state index is 12.0. The average Bonchev–Trinajstić information content (AvgIpc) is 3.61. The van der Waals surface area contributed by atoms with Crippen LogP contribution in [0.25, 0.3) is 0 Å². The smallest absolute Gasteiger partial charge is 0.234 e. The van der Waals surface area contributed by atoms with Crippen molar-refractivity contribution in [2.75, 3.05) is 39.8 Å². The van der Waals surface area contributed by atoms with Gasteiger partial charge in [0.05, 0.1) is 6.54 Å². The van der Waals surface area contributed by atoms with Gasteiger partial charge in [0.15, 0.2) is 5.96 Å². The summed E-state index contributed by atoms with van der Waals surface area (Å²) in [6.45, 7) is 6.95. The summed E-state index contributed by atoms with van der Waals surface area (Å²) in [5.74, 6) is 2.58. The molecule has 0 radical (unpaired) electrons. The number of aromatic nitrogens is 1. The van der Waals surface area contributed by atoms with Crippen LogP contribution in [0.2, 0.25) is 0 Å². The fourth-order valence-electron chi connectivity index (χ4n) is 4.48. The molecule has 184 valence electrons. The van der Waals surface area contributed by atoms with Gasteiger partial charge in [0.25, 0.3) is 0 Å². The highest BCUT2D eigenvalue weighted by Crippen LogP contribution is 2.26. The zero-order valence-corrected chi connectivity index (χ0v) is 22.3. The Kier molecular flexibility index (Phi) is 10.0. The summed E-state index contributed by atoms with van der Waals surface area (Å²) in [6, 6.07) is 4.48. The van der Waals surface area contributed by atoms with Gasteiger partial charge >= 0.3 is 0 Å². The molecule has 1 saturated heterocycles. The second-order valence-electron chi connectivity index (χ2n) is 9.51. The standard InChI is InChI=1S/C24H38N6O2.HI/c1-18-3-7-21(8-4-18)32-23-15-19(9-10-26-23)16-27-24(25-2)30-13-11-29(12-14-30)17-22(31)28-20-5-6-20;/h9-10,15,18,20-21H,3-8,11-14,16-17H2,1-2H3,(H,25,27)(H,28,31);1H. The molecule has 1 aliphatic heterocycles. The van der Waals surface area contributed by atoms with Gasteiger partial charge < -0.3 is 20.3 Å². The molecule has 1 amide bonds. The first-order chi connectivity index (χ1) is 15.6. The maximum atomic E-state index is 12.0. The van der Waals surface area contributed by atoms with E-state index < -0.39 is 0 Å². The summed E-state index contributed by atoms with van der Waals surface area (Å²) in [6.07, 6.45) is 9.09. The maximum Gasteiger partial charge on any atom is 0.234 e. The molecule has 33 heavy (non-hydrogen) atoms. The lowest BCUT2D eigenvalue weighted by Crippen LogP contribution is -2.54. The number of piperazine rings is 1. The number of nitrogens with one attached hydrogen (secondary N) is 2. The number of amides is 1. The first-order valence-electron chi connectivity index (χ1n) is 12.2. The zero-order valence-electron chi connectivity index (χ0n) is 20.0. The van der Waals surface area contributed by atoms with Gasteiger partial charge in [-0.3, -0.25) is 14.7 Å². The minimum Gasteiger partial charge on any atom is -0.474 e. The van der Waals surface area contributed by atoms with Gasteiger partial charge in [-0.2, -0.15) is 0 Å². The number of carbonyl (C=O) groups is 1. The van der Waals surface area contributed by atoms with E-state index >= 15 is 0 Å². The Morgan fingerprint density at radius 2 is 1.88 bits per heavy atom. The van der Waals surface area contributed by atoms with Crippen molar-refractivity contribution in [1.29, 1.82) is 0 Å². The number of hydrogen-bond donors (Lipinski definition) is 2. The van der Waals surface area contributed by atoms with Crippen LogP contribution >= 0.6 is 24.0 Å². The van der Waals surface area contributed by atoms with Gasteiger partial charge in [0, 0.05) is 58.1 Å². The second-order valence-corrected chi connectivity index (χ2v) is 9.51. The molecule has 1 aromatic rings. The molecule has 2 saturated carbocycles. The van der Waals surface area contributed by atoms with E-state index in [1.54, 1.807) is 0 Å². The fraction of sp³-hybridized carbons (Fsp3) is 0.708. The molecule has 2 heterocycles. The lowest BCUT2D eigenvalue weighted by molar-refractivity contribution is -0.122. The van der Waals surface area contributed by atoms with Crippen LogP contribution in [0.5, 0.6) is 5.88 Å². The van der Waals surface area contributed by atoms with Crippen molar-refractivity contribution in [2.45, 2.75) is 64.1 Å². The van der Waals surface area contributed by atoms with Crippen molar-refractivity contribution in [3.63, 3.8) is 0 Å². The van der Waals surface area contributed by atoms with E-state index in [2.05, 4.69) is 37.3 Å². The van der Waals surface area contributed by atoms with Crippen LogP contribution in [-0.2, 0) is 11.3 Å². The fourth-order valence-corrected chi connectivity index (χ4v) is 4.48. The normalized spacial score (nSPS) is 24.1. The predicted octanol–water partition coefficient (Wildman–Crippen LogP) is 2.63. The highest BCUT2D eigenvalue weighted by Gasteiger charge is 2.26. The Morgan fingerprint density at radius 3 is 2.55 bits per heavy atom. The molecule has 0 aromatic carbocycles. The molecular formula is C24H39IN6O2. The van der Waals surface area contributed by atoms with Crippen LogP contribution < -0.4 is 15.4 Å². The molecule has 9 heteroatoms. The molecule has 0 bridgehead atoms. The molecule has 0 atom stereocenters. The summed E-state index contributed by atoms with van der Waals surface area (Å²) in [5, 5.41) is 6.55. The van der Waals surface area contributed by atoms with Crippen molar-refractivity contribution < 1.29 is 9.53 Å². The molecule has 2 aliphatic carbocycles. The summed E-state index contributed by atoms with van der Waals surface area (Å²) < 4.78 is 6.15.